The fourth-order valence-corrected chi connectivity index (χ4v) is 2.79. The third-order valence-electron chi connectivity index (χ3n) is 3.72. The summed E-state index contributed by atoms with van der Waals surface area (Å²) >= 11 is 0. The minimum Gasteiger partial charge on any atom is -0.319 e. The molecule has 1 rings (SSSR count). The van der Waals surface area contributed by atoms with Gasteiger partial charge in [-0.25, -0.2) is 0 Å². The van der Waals surface area contributed by atoms with Crippen LogP contribution in [0.15, 0.2) is 0 Å². The first-order valence-electron chi connectivity index (χ1n) is 6.33. The molecule has 0 bridgehead atoms. The summed E-state index contributed by atoms with van der Waals surface area (Å²) in [5.41, 5.74) is 0.650. The Kier molecular flexibility index (Phi) is 4.94. The van der Waals surface area contributed by atoms with Crippen LogP contribution >= 0.6 is 0 Å². The van der Waals surface area contributed by atoms with Crippen LogP contribution < -0.4 is 5.32 Å². The molecule has 1 nitrogen and oxygen atoms in total. The smallest absolute Gasteiger partial charge is 0.000480 e. The van der Waals surface area contributed by atoms with Gasteiger partial charge >= 0.3 is 0 Å². The highest BCUT2D eigenvalue weighted by Crippen LogP contribution is 2.40. The monoisotopic (exact) mass is 197 g/mol. The van der Waals surface area contributed by atoms with E-state index in [1.807, 2.05) is 0 Å². The second-order valence-corrected chi connectivity index (χ2v) is 5.52. The summed E-state index contributed by atoms with van der Waals surface area (Å²) in [6.07, 6.45) is 10.1. The molecule has 1 fully saturated rings. The quantitative estimate of drug-likeness (QED) is 0.710. The van der Waals surface area contributed by atoms with Crippen molar-refractivity contribution in [3.8, 4) is 0 Å². The molecule has 1 saturated carbocycles. The summed E-state index contributed by atoms with van der Waals surface area (Å²) < 4.78 is 0. The molecular weight excluding hydrogens is 170 g/mol. The first-order chi connectivity index (χ1) is 6.68. The average molecular weight is 197 g/mol. The van der Waals surface area contributed by atoms with Crippen LogP contribution in [0.3, 0.4) is 0 Å². The molecule has 0 aromatic carbocycles. The maximum Gasteiger partial charge on any atom is 0.000480 e. The molecule has 14 heavy (non-hydrogen) atoms. The van der Waals surface area contributed by atoms with E-state index in [2.05, 4.69) is 26.2 Å². The Morgan fingerprint density at radius 1 is 1.14 bits per heavy atom. The van der Waals surface area contributed by atoms with Crippen molar-refractivity contribution in [1.29, 1.82) is 0 Å². The zero-order valence-corrected chi connectivity index (χ0v) is 10.2. The Morgan fingerprint density at radius 2 is 1.79 bits per heavy atom. The van der Waals surface area contributed by atoms with Crippen molar-refractivity contribution < 1.29 is 0 Å². The van der Waals surface area contributed by atoms with Crippen LogP contribution in [-0.4, -0.2) is 13.6 Å². The number of hydrogen-bond acceptors (Lipinski definition) is 1. The molecule has 0 amide bonds. The van der Waals surface area contributed by atoms with Gasteiger partial charge in [-0.2, -0.15) is 0 Å². The highest BCUT2D eigenvalue weighted by molar-refractivity contribution is 4.84. The third kappa shape index (κ3) is 3.61. The van der Waals surface area contributed by atoms with Crippen LogP contribution in [0.4, 0.5) is 0 Å². The molecule has 1 aliphatic rings. The topological polar surface area (TPSA) is 12.0 Å². The highest BCUT2D eigenvalue weighted by atomic mass is 14.8. The molecule has 1 N–H and O–H groups in total. The highest BCUT2D eigenvalue weighted by Gasteiger charge is 2.30. The van der Waals surface area contributed by atoms with Gasteiger partial charge in [0.25, 0.3) is 0 Å². The summed E-state index contributed by atoms with van der Waals surface area (Å²) in [5.74, 6) is 0.866. The van der Waals surface area contributed by atoms with Crippen LogP contribution in [0.5, 0.6) is 0 Å². The van der Waals surface area contributed by atoms with E-state index in [9.17, 15) is 0 Å². The van der Waals surface area contributed by atoms with Gasteiger partial charge in [0.2, 0.25) is 0 Å². The van der Waals surface area contributed by atoms with Gasteiger partial charge in [-0.3, -0.25) is 0 Å². The lowest BCUT2D eigenvalue weighted by Crippen LogP contribution is -2.34. The van der Waals surface area contributed by atoms with E-state index in [-0.39, 0.29) is 0 Å². The van der Waals surface area contributed by atoms with E-state index in [4.69, 9.17) is 0 Å². The minimum atomic E-state index is 0.650. The minimum absolute atomic E-state index is 0.650. The first-order valence-corrected chi connectivity index (χ1v) is 6.33. The Hall–Kier alpha value is -0.0400. The van der Waals surface area contributed by atoms with E-state index >= 15 is 0 Å². The standard InChI is InChI=1S/C13H27N/c1-12(2)7-10-13(11-14-3)8-5-4-6-9-13/h12,14H,4-11H2,1-3H3. The van der Waals surface area contributed by atoms with Gasteiger partial charge in [0.1, 0.15) is 0 Å². The Morgan fingerprint density at radius 3 is 2.29 bits per heavy atom. The molecule has 84 valence electrons. The predicted molar refractivity (Wildman–Crippen MR) is 63.5 cm³/mol. The molecule has 1 aliphatic carbocycles. The second-order valence-electron chi connectivity index (χ2n) is 5.52. The second kappa shape index (κ2) is 5.75. The fourth-order valence-electron chi connectivity index (χ4n) is 2.79. The maximum atomic E-state index is 3.40. The summed E-state index contributed by atoms with van der Waals surface area (Å²) in [6.45, 7) is 5.92. The van der Waals surface area contributed by atoms with Gasteiger partial charge in [-0.1, -0.05) is 39.5 Å². The van der Waals surface area contributed by atoms with Crippen LogP contribution in [0.2, 0.25) is 0 Å². The van der Waals surface area contributed by atoms with Gasteiger partial charge in [-0.05, 0) is 37.6 Å². The van der Waals surface area contributed by atoms with Crippen molar-refractivity contribution in [3.63, 3.8) is 0 Å². The van der Waals surface area contributed by atoms with E-state index in [1.54, 1.807) is 0 Å². The molecule has 0 atom stereocenters. The third-order valence-corrected chi connectivity index (χ3v) is 3.72. The number of rotatable bonds is 5. The molecule has 1 heteroatoms. The predicted octanol–water partition coefficient (Wildman–Crippen LogP) is 3.59. The Bertz CT molecular complexity index is 140. The van der Waals surface area contributed by atoms with Gasteiger partial charge in [0, 0.05) is 6.54 Å². The Balaban J connectivity index is 2.42. The Labute approximate surface area is 89.7 Å². The lowest BCUT2D eigenvalue weighted by Gasteiger charge is -2.38. The van der Waals surface area contributed by atoms with Crippen molar-refractivity contribution in [3.05, 3.63) is 0 Å². The SMILES string of the molecule is CNCC1(CCC(C)C)CCCCC1. The zero-order valence-electron chi connectivity index (χ0n) is 10.2. The summed E-state index contributed by atoms with van der Waals surface area (Å²) in [6, 6.07) is 0. The van der Waals surface area contributed by atoms with Crippen LogP contribution in [0.1, 0.15) is 58.8 Å². The molecule has 0 spiro atoms. The normalized spacial score (nSPS) is 21.4. The number of nitrogens with one attached hydrogen (secondary N) is 1. The average Bonchev–Trinajstić information content (AvgIpc) is 2.17. The molecular formula is C13H27N. The van der Waals surface area contributed by atoms with Crippen LogP contribution in [0, 0.1) is 11.3 Å². The molecule has 0 aromatic heterocycles. The summed E-state index contributed by atoms with van der Waals surface area (Å²) in [7, 11) is 2.10. The van der Waals surface area contributed by atoms with E-state index in [0.717, 1.165) is 5.92 Å². The molecule has 0 saturated heterocycles. The van der Waals surface area contributed by atoms with E-state index in [0.29, 0.717) is 5.41 Å². The van der Waals surface area contributed by atoms with Gasteiger partial charge in [-0.15, -0.1) is 0 Å². The van der Waals surface area contributed by atoms with Crippen molar-refractivity contribution in [2.45, 2.75) is 58.8 Å². The lowest BCUT2D eigenvalue weighted by molar-refractivity contribution is 0.159. The van der Waals surface area contributed by atoms with E-state index < -0.39 is 0 Å². The molecule has 0 heterocycles. The van der Waals surface area contributed by atoms with Gasteiger partial charge in [0.15, 0.2) is 0 Å². The lowest BCUT2D eigenvalue weighted by atomic mass is 9.70. The summed E-state index contributed by atoms with van der Waals surface area (Å²) in [5, 5.41) is 3.40. The van der Waals surface area contributed by atoms with Crippen molar-refractivity contribution in [1.82, 2.24) is 5.32 Å². The van der Waals surface area contributed by atoms with Crippen LogP contribution in [0.25, 0.3) is 0 Å². The summed E-state index contributed by atoms with van der Waals surface area (Å²) in [4.78, 5) is 0. The van der Waals surface area contributed by atoms with E-state index in [1.165, 1.54) is 51.5 Å². The van der Waals surface area contributed by atoms with Gasteiger partial charge < -0.3 is 5.32 Å². The number of hydrogen-bond donors (Lipinski definition) is 1. The molecule has 0 unspecified atom stereocenters. The van der Waals surface area contributed by atoms with Crippen LogP contribution in [-0.2, 0) is 0 Å². The molecule has 0 aromatic rings. The maximum absolute atomic E-state index is 3.40. The zero-order chi connectivity index (χ0) is 10.4. The first kappa shape index (κ1) is 12.0. The molecule has 0 radical (unpaired) electrons. The van der Waals surface area contributed by atoms with Crippen molar-refractivity contribution >= 4 is 0 Å². The van der Waals surface area contributed by atoms with Crippen molar-refractivity contribution in [2.24, 2.45) is 11.3 Å². The largest absolute Gasteiger partial charge is 0.319 e. The fraction of sp³-hybridized carbons (Fsp3) is 1.00. The van der Waals surface area contributed by atoms with Gasteiger partial charge in [0.05, 0.1) is 0 Å². The molecule has 0 aliphatic heterocycles. The van der Waals surface area contributed by atoms with Crippen molar-refractivity contribution in [2.75, 3.05) is 13.6 Å².